The summed E-state index contributed by atoms with van der Waals surface area (Å²) in [6, 6.07) is 9.00. The number of aliphatic hydroxyl groups excluding tert-OH is 1. The number of hydrogen-bond acceptors (Lipinski definition) is 8. The Balaban J connectivity index is 1.36. The SMILES string of the molecule is OCCCCNc1nc(Nc2ccc(CN3CCOCC3)cc2)c2ncn(C3CCCC3)c2n1. The van der Waals surface area contributed by atoms with Gasteiger partial charge in [0, 0.05) is 44.5 Å². The van der Waals surface area contributed by atoms with Gasteiger partial charge < -0.3 is 25.0 Å². The summed E-state index contributed by atoms with van der Waals surface area (Å²) >= 11 is 0. The zero-order valence-electron chi connectivity index (χ0n) is 19.7. The average Bonchev–Trinajstić information content (AvgIpc) is 3.54. The minimum Gasteiger partial charge on any atom is -0.396 e. The Kier molecular flexibility index (Phi) is 7.52. The molecule has 0 spiro atoms. The number of aliphatic hydroxyl groups is 1. The second kappa shape index (κ2) is 11.1. The van der Waals surface area contributed by atoms with Gasteiger partial charge in [-0.15, -0.1) is 0 Å². The van der Waals surface area contributed by atoms with Crippen molar-refractivity contribution in [3.8, 4) is 0 Å². The van der Waals surface area contributed by atoms with E-state index in [1.807, 2.05) is 6.33 Å². The van der Waals surface area contributed by atoms with Crippen LogP contribution in [-0.2, 0) is 11.3 Å². The lowest BCUT2D eigenvalue weighted by Crippen LogP contribution is -2.35. The molecule has 0 amide bonds. The highest BCUT2D eigenvalue weighted by Crippen LogP contribution is 2.33. The summed E-state index contributed by atoms with van der Waals surface area (Å²) in [6.07, 6.45) is 8.39. The van der Waals surface area contributed by atoms with Gasteiger partial charge in [0.2, 0.25) is 5.95 Å². The molecule has 182 valence electrons. The molecule has 3 N–H and O–H groups in total. The largest absolute Gasteiger partial charge is 0.396 e. The average molecular weight is 466 g/mol. The predicted octanol–water partition coefficient (Wildman–Crippen LogP) is 3.70. The van der Waals surface area contributed by atoms with Gasteiger partial charge in [-0.25, -0.2) is 4.98 Å². The zero-order valence-corrected chi connectivity index (χ0v) is 19.7. The van der Waals surface area contributed by atoms with E-state index >= 15 is 0 Å². The van der Waals surface area contributed by atoms with Crippen molar-refractivity contribution in [2.75, 3.05) is 50.1 Å². The molecule has 1 saturated heterocycles. The van der Waals surface area contributed by atoms with E-state index in [9.17, 15) is 0 Å². The zero-order chi connectivity index (χ0) is 23.2. The number of imidazole rings is 1. The lowest BCUT2D eigenvalue weighted by atomic mass is 10.2. The first-order chi connectivity index (χ1) is 16.8. The van der Waals surface area contributed by atoms with Gasteiger partial charge in [-0.05, 0) is 43.4 Å². The number of morpholine rings is 1. The lowest BCUT2D eigenvalue weighted by Gasteiger charge is -2.26. The Hall–Kier alpha value is -2.75. The number of benzene rings is 1. The molecule has 2 aliphatic rings. The van der Waals surface area contributed by atoms with Gasteiger partial charge in [-0.2, -0.15) is 9.97 Å². The highest BCUT2D eigenvalue weighted by molar-refractivity contribution is 5.86. The van der Waals surface area contributed by atoms with Gasteiger partial charge in [0.1, 0.15) is 0 Å². The van der Waals surface area contributed by atoms with Crippen LogP contribution in [0.3, 0.4) is 0 Å². The number of fused-ring (bicyclic) bond motifs is 1. The molecule has 2 aromatic heterocycles. The second-order valence-corrected chi connectivity index (χ2v) is 9.23. The summed E-state index contributed by atoms with van der Waals surface area (Å²) in [5.74, 6) is 1.31. The number of nitrogens with one attached hydrogen (secondary N) is 2. The summed E-state index contributed by atoms with van der Waals surface area (Å²) in [6.45, 7) is 5.45. The first-order valence-electron chi connectivity index (χ1n) is 12.6. The third kappa shape index (κ3) is 5.48. The summed E-state index contributed by atoms with van der Waals surface area (Å²) in [4.78, 5) is 16.7. The van der Waals surface area contributed by atoms with Gasteiger partial charge >= 0.3 is 0 Å². The second-order valence-electron chi connectivity index (χ2n) is 9.23. The monoisotopic (exact) mass is 465 g/mol. The Morgan fingerprint density at radius 1 is 1.03 bits per heavy atom. The predicted molar refractivity (Wildman–Crippen MR) is 133 cm³/mol. The Labute approximate surface area is 200 Å². The van der Waals surface area contributed by atoms with Crippen molar-refractivity contribution < 1.29 is 9.84 Å². The highest BCUT2D eigenvalue weighted by Gasteiger charge is 2.22. The van der Waals surface area contributed by atoms with Crippen LogP contribution in [0, 0.1) is 0 Å². The van der Waals surface area contributed by atoms with E-state index in [1.165, 1.54) is 31.2 Å². The van der Waals surface area contributed by atoms with Crippen LogP contribution in [0.15, 0.2) is 30.6 Å². The molecule has 1 saturated carbocycles. The number of hydrogen-bond donors (Lipinski definition) is 3. The van der Waals surface area contributed by atoms with Crippen molar-refractivity contribution in [1.82, 2.24) is 24.4 Å². The van der Waals surface area contributed by atoms with Gasteiger partial charge in [0.25, 0.3) is 0 Å². The Bertz CT molecular complexity index is 1060. The summed E-state index contributed by atoms with van der Waals surface area (Å²) in [7, 11) is 0. The summed E-state index contributed by atoms with van der Waals surface area (Å²) < 4.78 is 7.67. The van der Waals surface area contributed by atoms with E-state index in [4.69, 9.17) is 24.8 Å². The first kappa shape index (κ1) is 23.0. The van der Waals surface area contributed by atoms with Crippen LogP contribution >= 0.6 is 0 Å². The van der Waals surface area contributed by atoms with Crippen LogP contribution in [-0.4, -0.2) is 69.0 Å². The van der Waals surface area contributed by atoms with E-state index in [-0.39, 0.29) is 6.61 Å². The summed E-state index contributed by atoms with van der Waals surface area (Å²) in [5.41, 5.74) is 3.94. The van der Waals surface area contributed by atoms with Crippen LogP contribution in [0.2, 0.25) is 0 Å². The van der Waals surface area contributed by atoms with E-state index in [2.05, 4.69) is 44.4 Å². The number of nitrogens with zero attached hydrogens (tertiary/aromatic N) is 5. The minimum absolute atomic E-state index is 0.199. The van der Waals surface area contributed by atoms with Crippen molar-refractivity contribution in [2.45, 2.75) is 51.1 Å². The molecule has 0 bridgehead atoms. The molecule has 2 fully saturated rings. The number of unbranched alkanes of at least 4 members (excludes halogenated alkanes) is 1. The molecule has 34 heavy (non-hydrogen) atoms. The van der Waals surface area contributed by atoms with Gasteiger partial charge in [-0.1, -0.05) is 25.0 Å². The lowest BCUT2D eigenvalue weighted by molar-refractivity contribution is 0.0342. The Morgan fingerprint density at radius 2 is 1.82 bits per heavy atom. The van der Waals surface area contributed by atoms with Crippen molar-refractivity contribution >= 4 is 28.6 Å². The maximum Gasteiger partial charge on any atom is 0.226 e. The van der Waals surface area contributed by atoms with Crippen LogP contribution in [0.25, 0.3) is 11.2 Å². The molecule has 9 nitrogen and oxygen atoms in total. The van der Waals surface area contributed by atoms with Crippen LogP contribution < -0.4 is 10.6 Å². The third-order valence-corrected chi connectivity index (χ3v) is 6.73. The number of ether oxygens (including phenoxy) is 1. The van der Waals surface area contributed by atoms with Crippen molar-refractivity contribution in [3.05, 3.63) is 36.2 Å². The fraction of sp³-hybridized carbons (Fsp3) is 0.560. The standard InChI is InChI=1S/C25H35N7O2/c33-14-4-3-11-26-25-29-23(22-24(30-25)32(18-27-22)21-5-1-2-6-21)28-20-9-7-19(8-10-20)17-31-12-15-34-16-13-31/h7-10,18,21,33H,1-6,11-17H2,(H2,26,28,29,30). The van der Waals surface area contributed by atoms with Gasteiger partial charge in [0.15, 0.2) is 17.0 Å². The maximum absolute atomic E-state index is 9.07. The van der Waals surface area contributed by atoms with Crippen molar-refractivity contribution in [2.24, 2.45) is 0 Å². The van der Waals surface area contributed by atoms with Crippen molar-refractivity contribution in [3.63, 3.8) is 0 Å². The van der Waals surface area contributed by atoms with E-state index in [1.54, 1.807) is 0 Å². The van der Waals surface area contributed by atoms with E-state index in [0.717, 1.165) is 69.1 Å². The topological polar surface area (TPSA) is 100 Å². The fourth-order valence-electron chi connectivity index (χ4n) is 4.82. The molecule has 9 heteroatoms. The molecule has 1 aliphatic carbocycles. The molecule has 0 unspecified atom stereocenters. The molecule has 3 heterocycles. The molecule has 1 aromatic carbocycles. The quantitative estimate of drug-likeness (QED) is 0.390. The fourth-order valence-corrected chi connectivity index (χ4v) is 4.82. The van der Waals surface area contributed by atoms with E-state index < -0.39 is 0 Å². The molecular formula is C25H35N7O2. The molecule has 1 aliphatic heterocycles. The Morgan fingerprint density at radius 3 is 2.59 bits per heavy atom. The van der Waals surface area contributed by atoms with Gasteiger partial charge in [0.05, 0.1) is 19.5 Å². The van der Waals surface area contributed by atoms with Gasteiger partial charge in [-0.3, -0.25) is 4.90 Å². The molecule has 3 aromatic rings. The van der Waals surface area contributed by atoms with E-state index in [0.29, 0.717) is 17.8 Å². The highest BCUT2D eigenvalue weighted by atomic mass is 16.5. The molecular weight excluding hydrogens is 430 g/mol. The minimum atomic E-state index is 0.199. The first-order valence-corrected chi connectivity index (χ1v) is 12.6. The molecule has 5 rings (SSSR count). The smallest absolute Gasteiger partial charge is 0.226 e. The molecule has 0 atom stereocenters. The van der Waals surface area contributed by atoms with Crippen LogP contribution in [0.5, 0.6) is 0 Å². The van der Waals surface area contributed by atoms with Crippen LogP contribution in [0.4, 0.5) is 17.5 Å². The number of anilines is 3. The van der Waals surface area contributed by atoms with Crippen LogP contribution in [0.1, 0.15) is 50.1 Å². The third-order valence-electron chi connectivity index (χ3n) is 6.73. The normalized spacial score (nSPS) is 17.4. The number of aromatic nitrogens is 4. The van der Waals surface area contributed by atoms with Crippen molar-refractivity contribution in [1.29, 1.82) is 0 Å². The maximum atomic E-state index is 9.07. The number of rotatable bonds is 10. The summed E-state index contributed by atoms with van der Waals surface area (Å²) in [5, 5.41) is 15.9. The molecule has 0 radical (unpaired) electrons.